The summed E-state index contributed by atoms with van der Waals surface area (Å²) in [6, 6.07) is 15.3. The normalized spacial score (nSPS) is 16.6. The Bertz CT molecular complexity index is 1790. The molecule has 1 aromatic carbocycles. The molecular formula is C34H35FN6O4. The van der Waals surface area contributed by atoms with Crippen LogP contribution in [0.15, 0.2) is 54.1 Å². The van der Waals surface area contributed by atoms with Crippen molar-refractivity contribution in [3.8, 4) is 11.9 Å². The highest BCUT2D eigenvalue weighted by Crippen LogP contribution is 2.27. The summed E-state index contributed by atoms with van der Waals surface area (Å²) in [5, 5.41) is 8.95. The summed E-state index contributed by atoms with van der Waals surface area (Å²) in [6.45, 7) is 8.39. The molecule has 2 aliphatic rings. The van der Waals surface area contributed by atoms with Gasteiger partial charge in [0.05, 0.1) is 24.3 Å². The Morgan fingerprint density at radius 1 is 1.13 bits per heavy atom. The van der Waals surface area contributed by atoms with Crippen molar-refractivity contribution in [1.82, 2.24) is 19.5 Å². The summed E-state index contributed by atoms with van der Waals surface area (Å²) in [7, 11) is 0. The number of piperidine rings is 1. The van der Waals surface area contributed by atoms with Crippen LogP contribution in [-0.2, 0) is 22.6 Å². The van der Waals surface area contributed by atoms with Crippen LogP contribution >= 0.6 is 0 Å². The number of rotatable bonds is 8. The molecule has 0 amide bonds. The molecule has 45 heavy (non-hydrogen) atoms. The third kappa shape index (κ3) is 7.13. The molecule has 10 nitrogen and oxygen atoms in total. The van der Waals surface area contributed by atoms with E-state index in [-0.39, 0.29) is 24.0 Å². The summed E-state index contributed by atoms with van der Waals surface area (Å²) >= 11 is 0. The summed E-state index contributed by atoms with van der Waals surface area (Å²) < 4.78 is 33.4. The van der Waals surface area contributed by atoms with E-state index in [0.29, 0.717) is 29.2 Å². The zero-order valence-electron chi connectivity index (χ0n) is 25.6. The highest BCUT2D eigenvalue weighted by atomic mass is 19.1. The van der Waals surface area contributed by atoms with Crippen LogP contribution in [0.1, 0.15) is 67.5 Å². The molecule has 0 N–H and O–H groups in total. The second-order valence-electron chi connectivity index (χ2n) is 12.2. The number of ether oxygens (including phenoxy) is 3. The van der Waals surface area contributed by atoms with Crippen LogP contribution in [0.2, 0.25) is 0 Å². The summed E-state index contributed by atoms with van der Waals surface area (Å²) in [5.41, 5.74) is 2.87. The van der Waals surface area contributed by atoms with Crippen LogP contribution in [0.4, 0.5) is 10.2 Å². The van der Waals surface area contributed by atoms with Crippen LogP contribution in [0.5, 0.6) is 5.88 Å². The van der Waals surface area contributed by atoms with Gasteiger partial charge in [-0.05, 0) is 76.4 Å². The van der Waals surface area contributed by atoms with Gasteiger partial charge in [0.2, 0.25) is 5.88 Å². The lowest BCUT2D eigenvalue weighted by Crippen LogP contribution is -2.32. The van der Waals surface area contributed by atoms with Gasteiger partial charge in [-0.2, -0.15) is 10.2 Å². The van der Waals surface area contributed by atoms with E-state index in [2.05, 4.69) is 20.9 Å². The summed E-state index contributed by atoms with van der Waals surface area (Å²) in [4.78, 5) is 29.1. The lowest BCUT2D eigenvalue weighted by molar-refractivity contribution is -0.0588. The van der Waals surface area contributed by atoms with Crippen molar-refractivity contribution in [3.63, 3.8) is 0 Å². The minimum Gasteiger partial charge on any atom is -0.473 e. The number of pyridine rings is 2. The molecule has 0 saturated carbocycles. The van der Waals surface area contributed by atoms with Crippen LogP contribution in [0.25, 0.3) is 17.2 Å². The maximum atomic E-state index is 14.3. The molecule has 0 spiro atoms. The Morgan fingerprint density at radius 2 is 1.93 bits per heavy atom. The highest BCUT2D eigenvalue weighted by molar-refractivity contribution is 5.90. The Kier molecular flexibility index (Phi) is 8.50. The maximum Gasteiger partial charge on any atom is 0.357 e. The van der Waals surface area contributed by atoms with E-state index in [0.717, 1.165) is 50.6 Å². The van der Waals surface area contributed by atoms with E-state index in [1.165, 1.54) is 11.6 Å². The molecule has 3 aromatic heterocycles. The second-order valence-corrected chi connectivity index (χ2v) is 12.2. The quantitative estimate of drug-likeness (QED) is 0.227. The van der Waals surface area contributed by atoms with Gasteiger partial charge in [0, 0.05) is 31.3 Å². The molecule has 2 aliphatic heterocycles. The van der Waals surface area contributed by atoms with Crippen LogP contribution < -0.4 is 9.64 Å². The Balaban J connectivity index is 1.15. The second kappa shape index (κ2) is 12.7. The number of hydrogen-bond donors (Lipinski definition) is 0. The molecule has 0 bridgehead atoms. The van der Waals surface area contributed by atoms with E-state index >= 15 is 0 Å². The Labute approximate surface area is 261 Å². The molecular weight excluding hydrogens is 575 g/mol. The van der Waals surface area contributed by atoms with Crippen molar-refractivity contribution in [2.75, 3.05) is 24.6 Å². The van der Waals surface area contributed by atoms with E-state index < -0.39 is 17.4 Å². The number of benzene rings is 1. The maximum absolute atomic E-state index is 14.3. The average molecular weight is 611 g/mol. The molecule has 2 saturated heterocycles. The predicted octanol–water partition coefficient (Wildman–Crippen LogP) is 5.84. The molecule has 1 unspecified atom stereocenters. The van der Waals surface area contributed by atoms with Gasteiger partial charge in [-0.1, -0.05) is 17.7 Å². The molecule has 6 rings (SSSR count). The third-order valence-electron chi connectivity index (χ3n) is 7.74. The van der Waals surface area contributed by atoms with Gasteiger partial charge in [-0.15, -0.1) is 0 Å². The molecule has 0 radical (unpaired) electrons. The van der Waals surface area contributed by atoms with Crippen molar-refractivity contribution >= 4 is 29.0 Å². The summed E-state index contributed by atoms with van der Waals surface area (Å²) in [6.07, 6.45) is 4.83. The van der Waals surface area contributed by atoms with Crippen molar-refractivity contribution in [2.45, 2.75) is 64.9 Å². The van der Waals surface area contributed by atoms with Crippen molar-refractivity contribution < 1.29 is 23.4 Å². The standard InChI is InChI=1S/C34H35FN6O4/c1-34(2,3)45-33(42)28-10-9-27-32(38-28)41(20-25-13-16-43-25)30(37-27)18-22-11-14-40(15-12-22)29-5-4-6-31(39-29)44-21-24-8-7-23(19-36)17-26(24)35/h4-10,17-18,25H,11-16,20-21H2,1-3H3. The number of imidazole rings is 1. The number of hydrogen-bond acceptors (Lipinski definition) is 9. The number of aromatic nitrogens is 4. The van der Waals surface area contributed by atoms with Crippen molar-refractivity contribution in [1.29, 1.82) is 5.26 Å². The number of fused-ring (bicyclic) bond motifs is 1. The molecule has 4 aromatic rings. The minimum absolute atomic E-state index is 0.0158. The summed E-state index contributed by atoms with van der Waals surface area (Å²) in [5.74, 6) is 1.05. The van der Waals surface area contributed by atoms with Crippen molar-refractivity contribution in [2.24, 2.45) is 0 Å². The van der Waals surface area contributed by atoms with Crippen LogP contribution in [-0.4, -0.2) is 56.9 Å². The van der Waals surface area contributed by atoms with Crippen LogP contribution in [0.3, 0.4) is 0 Å². The van der Waals surface area contributed by atoms with Gasteiger partial charge in [0.25, 0.3) is 0 Å². The molecule has 5 heterocycles. The van der Waals surface area contributed by atoms with Gasteiger partial charge in [-0.3, -0.25) is 0 Å². The number of halogens is 1. The largest absolute Gasteiger partial charge is 0.473 e. The van der Waals surface area contributed by atoms with E-state index in [1.807, 2.05) is 49.6 Å². The molecule has 0 aliphatic carbocycles. The van der Waals surface area contributed by atoms with Crippen molar-refractivity contribution in [3.05, 3.63) is 82.6 Å². The number of anilines is 1. The molecule has 11 heteroatoms. The smallest absolute Gasteiger partial charge is 0.357 e. The lowest BCUT2D eigenvalue weighted by atomic mass is 10.0. The van der Waals surface area contributed by atoms with Gasteiger partial charge in [0.15, 0.2) is 11.3 Å². The van der Waals surface area contributed by atoms with Gasteiger partial charge in [-0.25, -0.2) is 19.2 Å². The van der Waals surface area contributed by atoms with Crippen LogP contribution in [0, 0.1) is 17.1 Å². The number of nitriles is 1. The first-order chi connectivity index (χ1) is 21.6. The fourth-order valence-electron chi connectivity index (χ4n) is 5.28. The highest BCUT2D eigenvalue weighted by Gasteiger charge is 2.25. The monoisotopic (exact) mass is 610 g/mol. The SMILES string of the molecule is CC(C)(C)OC(=O)c1ccc2nc(C=C3CCN(c4cccc(OCc5ccc(C#N)cc5F)n4)CC3)n(CC3CCO3)c2n1. The van der Waals surface area contributed by atoms with E-state index in [1.54, 1.807) is 24.3 Å². The first-order valence-corrected chi connectivity index (χ1v) is 15.1. The fourth-order valence-corrected chi connectivity index (χ4v) is 5.28. The number of carbonyl (C=O) groups is 1. The molecule has 232 valence electrons. The zero-order chi connectivity index (χ0) is 31.6. The minimum atomic E-state index is -0.617. The molecule has 1 atom stereocenters. The molecule has 2 fully saturated rings. The first kappa shape index (κ1) is 30.2. The van der Waals surface area contributed by atoms with E-state index in [4.69, 9.17) is 24.5 Å². The number of esters is 1. The van der Waals surface area contributed by atoms with Gasteiger partial charge < -0.3 is 23.7 Å². The van der Waals surface area contributed by atoms with Gasteiger partial charge in [0.1, 0.15) is 35.2 Å². The predicted molar refractivity (Wildman–Crippen MR) is 166 cm³/mol. The number of nitrogens with zero attached hydrogens (tertiary/aromatic N) is 6. The zero-order valence-corrected chi connectivity index (χ0v) is 25.6. The number of carbonyl (C=O) groups excluding carboxylic acids is 1. The Hall–Kier alpha value is -4.82. The first-order valence-electron chi connectivity index (χ1n) is 15.1. The lowest BCUT2D eigenvalue weighted by Gasteiger charge is -2.30. The fraction of sp³-hybridized carbons (Fsp3) is 0.382. The average Bonchev–Trinajstić information content (AvgIpc) is 3.33. The topological polar surface area (TPSA) is 115 Å². The van der Waals surface area contributed by atoms with E-state index in [9.17, 15) is 9.18 Å². The van der Waals surface area contributed by atoms with Gasteiger partial charge >= 0.3 is 5.97 Å². The Morgan fingerprint density at radius 3 is 2.62 bits per heavy atom. The third-order valence-corrected chi connectivity index (χ3v) is 7.74.